The van der Waals surface area contributed by atoms with Crippen molar-refractivity contribution in [3.63, 3.8) is 0 Å². The Morgan fingerprint density at radius 2 is 2.04 bits per heavy atom. The molecule has 144 valence electrons. The molecule has 6 heteroatoms. The van der Waals surface area contributed by atoms with Crippen molar-refractivity contribution in [1.29, 1.82) is 0 Å². The van der Waals surface area contributed by atoms with Gasteiger partial charge in [-0.25, -0.2) is 4.98 Å². The van der Waals surface area contributed by atoms with E-state index in [0.717, 1.165) is 33.5 Å². The Hall–Kier alpha value is -3.28. The fourth-order valence-electron chi connectivity index (χ4n) is 3.49. The van der Waals surface area contributed by atoms with Crippen LogP contribution >= 0.6 is 0 Å². The lowest BCUT2D eigenvalue weighted by molar-refractivity contribution is -0.122. The summed E-state index contributed by atoms with van der Waals surface area (Å²) in [6.45, 7) is 4.41. The average molecular weight is 376 g/mol. The summed E-state index contributed by atoms with van der Waals surface area (Å²) in [4.78, 5) is 20.8. The second kappa shape index (κ2) is 7.38. The molecule has 4 aromatic rings. The number of fused-ring (bicyclic) bond motifs is 2. The predicted octanol–water partition coefficient (Wildman–Crippen LogP) is 4.04. The van der Waals surface area contributed by atoms with Crippen molar-refractivity contribution in [2.45, 2.75) is 26.4 Å². The van der Waals surface area contributed by atoms with Crippen molar-refractivity contribution in [1.82, 2.24) is 19.9 Å². The number of methoxy groups -OCH3 is 1. The van der Waals surface area contributed by atoms with E-state index in [2.05, 4.69) is 29.1 Å². The molecule has 2 N–H and O–H groups in total. The van der Waals surface area contributed by atoms with E-state index < -0.39 is 0 Å². The fourth-order valence-corrected chi connectivity index (χ4v) is 3.49. The second-order valence-corrected chi connectivity index (χ2v) is 7.30. The molecule has 0 radical (unpaired) electrons. The van der Waals surface area contributed by atoms with Crippen LogP contribution in [-0.4, -0.2) is 27.6 Å². The van der Waals surface area contributed by atoms with E-state index in [1.54, 1.807) is 7.11 Å². The molecular weight excluding hydrogens is 352 g/mol. The van der Waals surface area contributed by atoms with Gasteiger partial charge in [0.1, 0.15) is 18.1 Å². The third-order valence-corrected chi connectivity index (χ3v) is 4.98. The van der Waals surface area contributed by atoms with Gasteiger partial charge in [-0.15, -0.1) is 0 Å². The van der Waals surface area contributed by atoms with Crippen LogP contribution in [0.5, 0.6) is 5.75 Å². The van der Waals surface area contributed by atoms with Crippen molar-refractivity contribution in [3.8, 4) is 5.75 Å². The number of benzene rings is 2. The summed E-state index contributed by atoms with van der Waals surface area (Å²) in [5.41, 5.74) is 2.88. The highest BCUT2D eigenvalue weighted by atomic mass is 16.5. The third kappa shape index (κ3) is 3.45. The normalized spacial score (nSPS) is 12.6. The molecule has 0 saturated carbocycles. The first-order chi connectivity index (χ1) is 13.5. The zero-order valence-corrected chi connectivity index (χ0v) is 16.3. The maximum Gasteiger partial charge on any atom is 0.240 e. The van der Waals surface area contributed by atoms with E-state index in [9.17, 15) is 4.79 Å². The molecule has 0 aliphatic heterocycles. The summed E-state index contributed by atoms with van der Waals surface area (Å²) in [6.07, 6.45) is 1.93. The van der Waals surface area contributed by atoms with Gasteiger partial charge in [0.05, 0.1) is 24.2 Å². The lowest BCUT2D eigenvalue weighted by atomic mass is 10.0. The van der Waals surface area contributed by atoms with Gasteiger partial charge >= 0.3 is 0 Å². The van der Waals surface area contributed by atoms with Gasteiger partial charge in [-0.1, -0.05) is 26.0 Å². The van der Waals surface area contributed by atoms with Crippen LogP contribution < -0.4 is 10.1 Å². The Morgan fingerprint density at radius 3 is 2.79 bits per heavy atom. The molecule has 0 fully saturated rings. The first kappa shape index (κ1) is 18.1. The number of nitrogens with zero attached hydrogens (tertiary/aromatic N) is 2. The van der Waals surface area contributed by atoms with E-state index in [0.29, 0.717) is 0 Å². The van der Waals surface area contributed by atoms with Crippen LogP contribution in [0.25, 0.3) is 21.9 Å². The van der Waals surface area contributed by atoms with Crippen LogP contribution in [0.15, 0.2) is 54.7 Å². The van der Waals surface area contributed by atoms with Crippen LogP contribution in [0.4, 0.5) is 0 Å². The lowest BCUT2D eigenvalue weighted by Gasteiger charge is -2.20. The van der Waals surface area contributed by atoms with Crippen LogP contribution in [0.2, 0.25) is 0 Å². The largest absolute Gasteiger partial charge is 0.497 e. The quantitative estimate of drug-likeness (QED) is 0.533. The minimum atomic E-state index is -0.179. The summed E-state index contributed by atoms with van der Waals surface area (Å²) in [5.74, 6) is 1.74. The number of imidazole rings is 1. The summed E-state index contributed by atoms with van der Waals surface area (Å²) in [6, 6.07) is 15.5. The fraction of sp³-hybridized carbons (Fsp3) is 0.273. The number of para-hydroxylation sites is 2. The number of carbonyl (C=O) groups is 1. The number of rotatable bonds is 6. The summed E-state index contributed by atoms with van der Waals surface area (Å²) < 4.78 is 7.21. The van der Waals surface area contributed by atoms with E-state index in [-0.39, 0.29) is 24.4 Å². The lowest BCUT2D eigenvalue weighted by Crippen LogP contribution is -2.34. The molecule has 28 heavy (non-hydrogen) atoms. The van der Waals surface area contributed by atoms with E-state index in [1.165, 1.54) is 0 Å². The highest BCUT2D eigenvalue weighted by Gasteiger charge is 2.22. The van der Waals surface area contributed by atoms with E-state index in [4.69, 9.17) is 4.74 Å². The van der Waals surface area contributed by atoms with Crippen molar-refractivity contribution < 1.29 is 9.53 Å². The maximum atomic E-state index is 12.8. The van der Waals surface area contributed by atoms with E-state index >= 15 is 0 Å². The Kier molecular flexibility index (Phi) is 4.77. The van der Waals surface area contributed by atoms with Crippen molar-refractivity contribution in [2.75, 3.05) is 7.11 Å². The minimum absolute atomic E-state index is 0.0486. The molecule has 2 heterocycles. The molecule has 0 unspecified atom stereocenters. The highest BCUT2D eigenvalue weighted by molar-refractivity contribution is 5.84. The molecule has 6 nitrogen and oxygen atoms in total. The molecule has 1 atom stereocenters. The second-order valence-electron chi connectivity index (χ2n) is 7.30. The van der Waals surface area contributed by atoms with Gasteiger partial charge in [0.25, 0.3) is 0 Å². The molecule has 2 aromatic carbocycles. The van der Waals surface area contributed by atoms with Crippen molar-refractivity contribution in [2.24, 2.45) is 5.92 Å². The predicted molar refractivity (Wildman–Crippen MR) is 110 cm³/mol. The molecular formula is C22H24N4O2. The number of aromatic nitrogens is 3. The molecule has 0 bridgehead atoms. The van der Waals surface area contributed by atoms with Crippen LogP contribution in [0, 0.1) is 5.92 Å². The summed E-state index contributed by atoms with van der Waals surface area (Å²) in [7, 11) is 1.65. The number of H-pyrrole nitrogens is 1. The maximum absolute atomic E-state index is 12.8. The zero-order valence-electron chi connectivity index (χ0n) is 16.3. The van der Waals surface area contributed by atoms with Gasteiger partial charge in [-0.3, -0.25) is 4.79 Å². The third-order valence-electron chi connectivity index (χ3n) is 4.98. The van der Waals surface area contributed by atoms with Gasteiger partial charge in [0.15, 0.2) is 0 Å². The molecule has 4 rings (SSSR count). The highest BCUT2D eigenvalue weighted by Crippen LogP contribution is 2.24. The molecule has 0 spiro atoms. The number of aromatic amines is 1. The van der Waals surface area contributed by atoms with Crippen LogP contribution in [0.3, 0.4) is 0 Å². The Morgan fingerprint density at radius 1 is 1.21 bits per heavy atom. The summed E-state index contributed by atoms with van der Waals surface area (Å²) in [5, 5.41) is 4.19. The minimum Gasteiger partial charge on any atom is -0.497 e. The number of carbonyl (C=O) groups excluding carboxylic acids is 1. The van der Waals surface area contributed by atoms with Gasteiger partial charge in [-0.05, 0) is 42.3 Å². The van der Waals surface area contributed by atoms with E-state index in [1.807, 2.05) is 59.3 Å². The molecule has 0 aliphatic rings. The molecule has 2 aromatic heterocycles. The molecule has 0 saturated heterocycles. The topological polar surface area (TPSA) is 71.9 Å². The van der Waals surface area contributed by atoms with Crippen molar-refractivity contribution in [3.05, 3.63) is 60.6 Å². The summed E-state index contributed by atoms with van der Waals surface area (Å²) >= 11 is 0. The van der Waals surface area contributed by atoms with Gasteiger partial charge in [0, 0.05) is 17.1 Å². The number of amides is 1. The number of hydrogen-bond donors (Lipinski definition) is 2. The Labute approximate surface area is 163 Å². The zero-order chi connectivity index (χ0) is 19.7. The first-order valence-corrected chi connectivity index (χ1v) is 9.42. The average Bonchev–Trinajstić information content (AvgIpc) is 3.29. The Balaban J connectivity index is 1.54. The number of ether oxygens (including phenoxy) is 1. The van der Waals surface area contributed by atoms with Gasteiger partial charge in [0.2, 0.25) is 5.91 Å². The SMILES string of the molecule is COc1ccc2c(ccn2CC(=O)N[C@@H](c2nc3ccccc3[nH]2)C(C)C)c1. The van der Waals surface area contributed by atoms with Crippen LogP contribution in [-0.2, 0) is 11.3 Å². The number of nitrogens with one attached hydrogen (secondary N) is 2. The first-order valence-electron chi connectivity index (χ1n) is 9.42. The van der Waals surface area contributed by atoms with Gasteiger partial charge < -0.3 is 19.6 Å². The van der Waals surface area contributed by atoms with Crippen LogP contribution in [0.1, 0.15) is 25.7 Å². The standard InChI is InChI=1S/C22H24N4O2/c1-14(2)21(22-23-17-6-4-5-7-18(17)24-22)25-20(27)13-26-11-10-15-12-16(28-3)8-9-19(15)26/h4-12,14,21H,13H2,1-3H3,(H,23,24)(H,25,27)/t21-/m1/s1. The van der Waals surface area contributed by atoms with Gasteiger partial charge in [-0.2, -0.15) is 0 Å². The monoisotopic (exact) mass is 376 g/mol. The Bertz CT molecular complexity index is 1090. The molecule has 0 aliphatic carbocycles. The van der Waals surface area contributed by atoms with Crippen molar-refractivity contribution >= 4 is 27.8 Å². The smallest absolute Gasteiger partial charge is 0.240 e. The number of hydrogen-bond acceptors (Lipinski definition) is 3. The molecule has 1 amide bonds.